The van der Waals surface area contributed by atoms with E-state index >= 15 is 0 Å². The number of nitrogens with one attached hydrogen (secondary N) is 1. The molecular formula is C29H40N2O5. The van der Waals surface area contributed by atoms with Crippen molar-refractivity contribution in [2.24, 2.45) is 5.92 Å². The number of carbonyl (C=O) groups excluding carboxylic acids is 2. The van der Waals surface area contributed by atoms with E-state index in [9.17, 15) is 9.59 Å². The third-order valence-corrected chi connectivity index (χ3v) is 6.57. The summed E-state index contributed by atoms with van der Waals surface area (Å²) in [6, 6.07) is 13.3. The van der Waals surface area contributed by atoms with E-state index in [0.717, 1.165) is 35.5 Å². The first kappa shape index (κ1) is 27.4. The molecule has 0 saturated carbocycles. The van der Waals surface area contributed by atoms with Crippen molar-refractivity contribution in [3.63, 3.8) is 0 Å². The Morgan fingerprint density at radius 3 is 2.50 bits per heavy atom. The molecule has 2 atom stereocenters. The van der Waals surface area contributed by atoms with Gasteiger partial charge in [-0.2, -0.15) is 0 Å². The van der Waals surface area contributed by atoms with Gasteiger partial charge in [0.25, 0.3) is 0 Å². The van der Waals surface area contributed by atoms with E-state index in [1.165, 1.54) is 0 Å². The summed E-state index contributed by atoms with van der Waals surface area (Å²) in [6.45, 7) is 8.25. The Hall–Kier alpha value is -3.22. The predicted molar refractivity (Wildman–Crippen MR) is 141 cm³/mol. The van der Waals surface area contributed by atoms with Crippen LogP contribution >= 0.6 is 0 Å². The Labute approximate surface area is 215 Å². The summed E-state index contributed by atoms with van der Waals surface area (Å²) in [7, 11) is 1.63. The van der Waals surface area contributed by atoms with Crippen molar-refractivity contribution in [1.82, 2.24) is 10.2 Å². The number of benzene rings is 2. The lowest BCUT2D eigenvalue weighted by Gasteiger charge is -2.41. The summed E-state index contributed by atoms with van der Waals surface area (Å²) in [6.07, 6.45) is 3.44. The Kier molecular flexibility index (Phi) is 10.5. The van der Waals surface area contributed by atoms with Gasteiger partial charge < -0.3 is 24.4 Å². The van der Waals surface area contributed by atoms with E-state index in [0.29, 0.717) is 51.3 Å². The van der Waals surface area contributed by atoms with E-state index in [1.54, 1.807) is 7.11 Å². The van der Waals surface area contributed by atoms with Gasteiger partial charge in [-0.25, -0.2) is 0 Å². The Morgan fingerprint density at radius 1 is 1.03 bits per heavy atom. The Bertz CT molecular complexity index is 1010. The minimum atomic E-state index is -0.344. The number of unbranched alkanes of at least 4 members (excludes halogenated alkanes) is 1. The van der Waals surface area contributed by atoms with Crippen molar-refractivity contribution in [2.75, 3.05) is 33.4 Å². The number of carbonyl (C=O) groups is 2. The molecule has 0 aromatic heterocycles. The second-order valence-electron chi connectivity index (χ2n) is 8.96. The van der Waals surface area contributed by atoms with Gasteiger partial charge in [0.15, 0.2) is 11.5 Å². The van der Waals surface area contributed by atoms with Crippen LogP contribution in [-0.2, 0) is 16.0 Å². The van der Waals surface area contributed by atoms with Crippen LogP contribution in [0.25, 0.3) is 0 Å². The van der Waals surface area contributed by atoms with E-state index in [4.69, 9.17) is 14.2 Å². The molecule has 1 aliphatic heterocycles. The fourth-order valence-corrected chi connectivity index (χ4v) is 4.83. The standard InChI is InChI=1S/C29H40N2O5/c1-5-8-19-31-27(32)16-14-23(28(31)22-11-9-10-12-24(22)34-4)29(33)30-18-17-21-13-15-25(35-6-2)26(20-21)36-7-3/h9-13,15,20,23,28H,5-8,14,16-19H2,1-4H3,(H,30,33)/t23-,28+/m1/s1. The highest BCUT2D eigenvalue weighted by molar-refractivity contribution is 5.85. The number of hydrogen-bond donors (Lipinski definition) is 1. The van der Waals surface area contributed by atoms with Gasteiger partial charge in [0.05, 0.1) is 32.3 Å². The lowest BCUT2D eigenvalue weighted by atomic mass is 9.83. The Balaban J connectivity index is 1.75. The molecule has 2 aromatic carbocycles. The molecule has 0 aliphatic carbocycles. The second kappa shape index (κ2) is 13.8. The topological polar surface area (TPSA) is 77.1 Å². The van der Waals surface area contributed by atoms with Crippen molar-refractivity contribution in [3.05, 3.63) is 53.6 Å². The number of rotatable bonds is 13. The monoisotopic (exact) mass is 496 g/mol. The predicted octanol–water partition coefficient (Wildman–Crippen LogP) is 4.93. The number of nitrogens with zero attached hydrogens (tertiary/aromatic N) is 1. The normalized spacial score (nSPS) is 17.6. The van der Waals surface area contributed by atoms with Crippen LogP contribution in [0.5, 0.6) is 17.2 Å². The first-order valence-electron chi connectivity index (χ1n) is 13.1. The van der Waals surface area contributed by atoms with E-state index in [2.05, 4.69) is 12.2 Å². The van der Waals surface area contributed by atoms with E-state index < -0.39 is 0 Å². The molecule has 0 radical (unpaired) electrons. The lowest BCUT2D eigenvalue weighted by molar-refractivity contribution is -0.143. The van der Waals surface area contributed by atoms with Crippen LogP contribution in [0.1, 0.15) is 63.6 Å². The first-order chi connectivity index (χ1) is 17.5. The highest BCUT2D eigenvalue weighted by Crippen LogP contribution is 2.41. The van der Waals surface area contributed by atoms with Gasteiger partial charge in [0.1, 0.15) is 5.75 Å². The molecular weight excluding hydrogens is 456 g/mol. The highest BCUT2D eigenvalue weighted by atomic mass is 16.5. The molecule has 1 saturated heterocycles. The van der Waals surface area contributed by atoms with Crippen molar-refractivity contribution in [2.45, 2.75) is 58.9 Å². The summed E-state index contributed by atoms with van der Waals surface area (Å²) in [5.41, 5.74) is 1.95. The van der Waals surface area contributed by atoms with Crippen molar-refractivity contribution in [3.8, 4) is 17.2 Å². The molecule has 36 heavy (non-hydrogen) atoms. The van der Waals surface area contributed by atoms with Crippen LogP contribution in [0.3, 0.4) is 0 Å². The molecule has 1 aliphatic rings. The number of ether oxygens (including phenoxy) is 3. The number of piperidine rings is 1. The van der Waals surface area contributed by atoms with Crippen molar-refractivity contribution >= 4 is 11.8 Å². The van der Waals surface area contributed by atoms with Gasteiger partial charge in [0, 0.05) is 25.1 Å². The SMILES string of the molecule is CCCCN1C(=O)CC[C@@H](C(=O)NCCc2ccc(OCC)c(OCC)c2)[C@@H]1c1ccccc1OC. The van der Waals surface area contributed by atoms with Crippen molar-refractivity contribution in [1.29, 1.82) is 0 Å². The number of likely N-dealkylation sites (tertiary alicyclic amines) is 1. The number of hydrogen-bond acceptors (Lipinski definition) is 5. The average Bonchev–Trinajstić information content (AvgIpc) is 2.89. The zero-order chi connectivity index (χ0) is 25.9. The zero-order valence-corrected chi connectivity index (χ0v) is 22.0. The molecule has 1 N–H and O–H groups in total. The second-order valence-corrected chi connectivity index (χ2v) is 8.96. The van der Waals surface area contributed by atoms with Gasteiger partial charge in [-0.1, -0.05) is 37.6 Å². The van der Waals surface area contributed by atoms with Gasteiger partial charge in [-0.15, -0.1) is 0 Å². The van der Waals surface area contributed by atoms with E-state index in [-0.39, 0.29) is 23.8 Å². The van der Waals surface area contributed by atoms with Gasteiger partial charge in [0.2, 0.25) is 11.8 Å². The number of amides is 2. The summed E-state index contributed by atoms with van der Waals surface area (Å²) in [5.74, 6) is 1.88. The minimum absolute atomic E-state index is 0.0316. The van der Waals surface area contributed by atoms with Gasteiger partial charge >= 0.3 is 0 Å². The molecule has 2 amide bonds. The van der Waals surface area contributed by atoms with Crippen LogP contribution < -0.4 is 19.5 Å². The summed E-state index contributed by atoms with van der Waals surface area (Å²) in [4.78, 5) is 28.3. The molecule has 3 rings (SSSR count). The molecule has 0 bridgehead atoms. The number of para-hydroxylation sites is 1. The van der Waals surface area contributed by atoms with Crippen LogP contribution in [-0.4, -0.2) is 50.1 Å². The van der Waals surface area contributed by atoms with E-state index in [1.807, 2.05) is 61.2 Å². The summed E-state index contributed by atoms with van der Waals surface area (Å²) >= 11 is 0. The molecule has 2 aromatic rings. The molecule has 1 fully saturated rings. The third-order valence-electron chi connectivity index (χ3n) is 6.57. The zero-order valence-electron chi connectivity index (χ0n) is 22.0. The first-order valence-corrected chi connectivity index (χ1v) is 13.1. The summed E-state index contributed by atoms with van der Waals surface area (Å²) in [5, 5.41) is 3.13. The Morgan fingerprint density at radius 2 is 1.78 bits per heavy atom. The van der Waals surface area contributed by atoms with Crippen LogP contribution in [0.4, 0.5) is 0 Å². The van der Waals surface area contributed by atoms with Crippen molar-refractivity contribution < 1.29 is 23.8 Å². The molecule has 0 unspecified atom stereocenters. The van der Waals surface area contributed by atoms with Crippen LogP contribution in [0.2, 0.25) is 0 Å². The van der Waals surface area contributed by atoms with Gasteiger partial charge in [-0.3, -0.25) is 9.59 Å². The smallest absolute Gasteiger partial charge is 0.225 e. The fraction of sp³-hybridized carbons (Fsp3) is 0.517. The maximum Gasteiger partial charge on any atom is 0.225 e. The quantitative estimate of drug-likeness (QED) is 0.425. The largest absolute Gasteiger partial charge is 0.496 e. The number of methoxy groups -OCH3 is 1. The molecule has 7 nitrogen and oxygen atoms in total. The lowest BCUT2D eigenvalue weighted by Crippen LogP contribution is -2.48. The fourth-order valence-electron chi connectivity index (χ4n) is 4.83. The molecule has 196 valence electrons. The molecule has 1 heterocycles. The third kappa shape index (κ3) is 6.71. The molecule has 0 spiro atoms. The maximum atomic E-state index is 13.5. The van der Waals surface area contributed by atoms with Crippen LogP contribution in [0.15, 0.2) is 42.5 Å². The highest BCUT2D eigenvalue weighted by Gasteiger charge is 2.41. The van der Waals surface area contributed by atoms with Crippen LogP contribution in [0, 0.1) is 5.92 Å². The average molecular weight is 497 g/mol. The maximum absolute atomic E-state index is 13.5. The summed E-state index contributed by atoms with van der Waals surface area (Å²) < 4.78 is 17.0. The minimum Gasteiger partial charge on any atom is -0.496 e. The molecule has 7 heteroatoms. The van der Waals surface area contributed by atoms with Gasteiger partial charge in [-0.05, 0) is 56.9 Å².